The Morgan fingerprint density at radius 1 is 1.20 bits per heavy atom. The number of carboxylic acids is 1. The number of hydrogen-bond acceptors (Lipinski definition) is 4. The number of carbonyl (C=O) groups is 2. The van der Waals surface area contributed by atoms with Gasteiger partial charge < -0.3 is 14.6 Å². The van der Waals surface area contributed by atoms with Crippen LogP contribution in [0.4, 0.5) is 0 Å². The maximum Gasteiger partial charge on any atom is 1.00 e. The van der Waals surface area contributed by atoms with E-state index in [1.807, 2.05) is 6.07 Å². The van der Waals surface area contributed by atoms with Gasteiger partial charge in [0, 0.05) is 0 Å². The van der Waals surface area contributed by atoms with Crippen LogP contribution in [0, 0.1) is 0 Å². The summed E-state index contributed by atoms with van der Waals surface area (Å²) in [4.78, 5) is 21.0. The van der Waals surface area contributed by atoms with Crippen LogP contribution < -0.4 is 56.5 Å². The van der Waals surface area contributed by atoms with Crippen molar-refractivity contribution in [1.82, 2.24) is 0 Å². The number of rotatable bonds is 4. The van der Waals surface area contributed by atoms with Gasteiger partial charge in [-0.2, -0.15) is 0 Å². The number of carbonyl (C=O) groups excluding carboxylic acids is 2. The van der Waals surface area contributed by atoms with Crippen molar-refractivity contribution < 1.29 is 70.8 Å². The maximum absolute atomic E-state index is 11.0. The van der Waals surface area contributed by atoms with Gasteiger partial charge in [-0.3, -0.25) is 4.79 Å². The molecule has 0 N–H and O–H groups in total. The molecule has 4 nitrogen and oxygen atoms in total. The van der Waals surface area contributed by atoms with Crippen molar-refractivity contribution in [3.05, 3.63) is 35.9 Å². The van der Waals surface area contributed by atoms with Crippen molar-refractivity contribution >= 4 is 11.9 Å². The van der Waals surface area contributed by atoms with E-state index < -0.39 is 18.5 Å². The van der Waals surface area contributed by atoms with Crippen molar-refractivity contribution in [1.29, 1.82) is 0 Å². The fourth-order valence-electron chi connectivity index (χ4n) is 0.953. The zero-order valence-electron chi connectivity index (χ0n) is 8.43. The minimum Gasteiger partial charge on any atom is -0.546 e. The summed E-state index contributed by atoms with van der Waals surface area (Å²) < 4.78 is 4.41. The van der Waals surface area contributed by atoms with Gasteiger partial charge in [0.25, 0.3) is 0 Å². The molecule has 0 bridgehead atoms. The summed E-state index contributed by atoms with van der Waals surface area (Å²) in [6.07, 6.45) is 0.0775. The Morgan fingerprint density at radius 3 is 2.33 bits per heavy atom. The van der Waals surface area contributed by atoms with E-state index in [1.165, 1.54) is 0 Å². The number of hydrogen-bond donors (Lipinski definition) is 0. The van der Waals surface area contributed by atoms with E-state index in [1.54, 1.807) is 24.3 Å². The molecule has 1 rings (SSSR count). The molecule has 0 radical (unpaired) electrons. The van der Waals surface area contributed by atoms with Crippen LogP contribution in [0.15, 0.2) is 30.3 Å². The van der Waals surface area contributed by atoms with E-state index in [-0.39, 0.29) is 57.8 Å². The molecule has 0 aliphatic carbocycles. The Hall–Kier alpha value is -0.204. The molecule has 5 heteroatoms. The molecule has 0 unspecified atom stereocenters. The van der Waals surface area contributed by atoms with E-state index in [9.17, 15) is 14.7 Å². The largest absolute Gasteiger partial charge is 1.00 e. The predicted octanol–water partition coefficient (Wildman–Crippen LogP) is -3.47. The normalized spacial score (nSPS) is 8.80. The standard InChI is InChI=1S/C10H10O4.K/c11-9(12)7-14-10(13)6-8-4-2-1-3-5-8;/h1-5H,6-7H2,(H,11,12);/q;+1/p-1. The third-order valence-corrected chi connectivity index (χ3v) is 1.54. The maximum atomic E-state index is 11.0. The van der Waals surface area contributed by atoms with Gasteiger partial charge in [0.2, 0.25) is 0 Å². The zero-order chi connectivity index (χ0) is 10.4. The van der Waals surface area contributed by atoms with E-state index in [0.29, 0.717) is 0 Å². The average molecular weight is 232 g/mol. The molecule has 15 heavy (non-hydrogen) atoms. The van der Waals surface area contributed by atoms with Gasteiger partial charge in [0.15, 0.2) is 0 Å². The monoisotopic (exact) mass is 232 g/mol. The van der Waals surface area contributed by atoms with E-state index in [2.05, 4.69) is 4.74 Å². The van der Waals surface area contributed by atoms with Gasteiger partial charge in [-0.25, -0.2) is 0 Å². The SMILES string of the molecule is O=C([O-])COC(=O)Cc1ccccc1.[K+]. The fourth-order valence-corrected chi connectivity index (χ4v) is 0.953. The Balaban J connectivity index is 0.00000196. The summed E-state index contributed by atoms with van der Waals surface area (Å²) in [5.41, 5.74) is 0.788. The van der Waals surface area contributed by atoms with Gasteiger partial charge in [-0.1, -0.05) is 30.3 Å². The minimum atomic E-state index is -1.40. The number of ether oxygens (including phenoxy) is 1. The molecule has 74 valence electrons. The molecular weight excluding hydrogens is 223 g/mol. The third-order valence-electron chi connectivity index (χ3n) is 1.54. The van der Waals surface area contributed by atoms with E-state index >= 15 is 0 Å². The van der Waals surface area contributed by atoms with Crippen LogP contribution in [0.2, 0.25) is 0 Å². The van der Waals surface area contributed by atoms with Gasteiger partial charge in [-0.15, -0.1) is 0 Å². The van der Waals surface area contributed by atoms with Crippen LogP contribution >= 0.6 is 0 Å². The summed E-state index contributed by atoms with van der Waals surface area (Å²) in [6.45, 7) is -0.689. The van der Waals surface area contributed by atoms with Crippen LogP contribution in [-0.2, 0) is 20.7 Å². The topological polar surface area (TPSA) is 66.4 Å². The van der Waals surface area contributed by atoms with Gasteiger partial charge in [-0.05, 0) is 5.56 Å². The first-order chi connectivity index (χ1) is 6.68. The molecule has 0 saturated heterocycles. The summed E-state index contributed by atoms with van der Waals surface area (Å²) in [7, 11) is 0. The van der Waals surface area contributed by atoms with Crippen LogP contribution in [0.1, 0.15) is 5.56 Å². The van der Waals surface area contributed by atoms with Crippen molar-refractivity contribution in [2.75, 3.05) is 6.61 Å². The van der Waals surface area contributed by atoms with Crippen molar-refractivity contribution in [3.63, 3.8) is 0 Å². The van der Waals surface area contributed by atoms with E-state index in [0.717, 1.165) is 5.56 Å². The minimum absolute atomic E-state index is 0. The second kappa shape index (κ2) is 8.01. The Morgan fingerprint density at radius 2 is 1.80 bits per heavy atom. The molecule has 0 saturated carbocycles. The number of aliphatic carboxylic acids is 1. The van der Waals surface area contributed by atoms with Crippen molar-refractivity contribution in [2.45, 2.75) is 6.42 Å². The van der Waals surface area contributed by atoms with E-state index in [4.69, 9.17) is 0 Å². The molecule has 1 aromatic rings. The second-order valence-electron chi connectivity index (χ2n) is 2.70. The van der Waals surface area contributed by atoms with Crippen molar-refractivity contribution in [2.24, 2.45) is 0 Å². The molecule has 0 fully saturated rings. The molecule has 0 spiro atoms. The van der Waals surface area contributed by atoms with Gasteiger partial charge >= 0.3 is 57.4 Å². The quantitative estimate of drug-likeness (QED) is 0.399. The second-order valence-corrected chi connectivity index (χ2v) is 2.70. The number of carboxylic acid groups (broad SMARTS) is 1. The summed E-state index contributed by atoms with van der Waals surface area (Å²) in [6, 6.07) is 8.94. The molecule has 0 aliphatic heterocycles. The number of benzene rings is 1. The Labute approximate surface area is 130 Å². The first-order valence-electron chi connectivity index (χ1n) is 4.08. The summed E-state index contributed by atoms with van der Waals surface area (Å²) >= 11 is 0. The summed E-state index contributed by atoms with van der Waals surface area (Å²) in [5.74, 6) is -1.97. The van der Waals surface area contributed by atoms with Gasteiger partial charge in [0.05, 0.1) is 12.4 Å². The number of esters is 1. The average Bonchev–Trinajstić information content (AvgIpc) is 2.16. The Bertz CT molecular complexity index is 323. The zero-order valence-corrected chi connectivity index (χ0v) is 11.6. The molecule has 0 atom stereocenters. The first-order valence-corrected chi connectivity index (χ1v) is 4.08. The smallest absolute Gasteiger partial charge is 0.546 e. The third kappa shape index (κ3) is 6.81. The van der Waals surface area contributed by atoms with Crippen LogP contribution in [0.3, 0.4) is 0 Å². The molecule has 0 heterocycles. The fraction of sp³-hybridized carbons (Fsp3) is 0.200. The van der Waals surface area contributed by atoms with Crippen LogP contribution in [-0.4, -0.2) is 18.5 Å². The van der Waals surface area contributed by atoms with Gasteiger partial charge in [0.1, 0.15) is 6.61 Å². The summed E-state index contributed by atoms with van der Waals surface area (Å²) in [5, 5.41) is 9.97. The first kappa shape index (κ1) is 14.8. The van der Waals surface area contributed by atoms with Crippen LogP contribution in [0.25, 0.3) is 0 Å². The molecule has 0 aromatic heterocycles. The molecular formula is C10H9KO4. The molecule has 1 aromatic carbocycles. The molecule has 0 aliphatic rings. The molecule has 0 amide bonds. The Kier molecular flexibility index (Phi) is 7.90. The van der Waals surface area contributed by atoms with Crippen LogP contribution in [0.5, 0.6) is 0 Å². The predicted molar refractivity (Wildman–Crippen MR) is 46.1 cm³/mol. The van der Waals surface area contributed by atoms with Crippen molar-refractivity contribution in [3.8, 4) is 0 Å².